The van der Waals surface area contributed by atoms with Crippen LogP contribution in [0, 0.1) is 22.4 Å². The van der Waals surface area contributed by atoms with Gasteiger partial charge in [-0.1, -0.05) is 30.3 Å². The Kier molecular flexibility index (Phi) is 10.0. The van der Waals surface area contributed by atoms with Gasteiger partial charge in [0.2, 0.25) is 10.8 Å². The van der Waals surface area contributed by atoms with Gasteiger partial charge in [0.1, 0.15) is 11.6 Å². The summed E-state index contributed by atoms with van der Waals surface area (Å²) in [6.07, 6.45) is -0.194. The molecule has 0 bridgehead atoms. The first-order valence-electron chi connectivity index (χ1n) is 13.2. The standard InChI is InChI=1S/C15H13BFN2O3.C13H17BFN2O3/c17-13-6-7-14(19-18)12(8-13)9-20-16-21-10-15(22-16)11-4-2-1-3-5-11;1-12(2)13(3,4)20-14(19-12)18-8-9-7-10(15)5-6-11(9)17-16/h1-8,15H,9-10H2;5-7H,8H2,1-4H3/q2*+1. The minimum absolute atomic E-state index is 0.0172. The maximum absolute atomic E-state index is 13.2. The summed E-state index contributed by atoms with van der Waals surface area (Å²) in [6.45, 7) is 8.06. The van der Waals surface area contributed by atoms with Crippen molar-refractivity contribution < 1.29 is 36.7 Å². The predicted molar refractivity (Wildman–Crippen MR) is 150 cm³/mol. The smallest absolute Gasteiger partial charge is 0.383 e. The first kappa shape index (κ1) is 31.2. The highest BCUT2D eigenvalue weighted by Crippen LogP contribution is 2.37. The van der Waals surface area contributed by atoms with E-state index in [9.17, 15) is 8.78 Å². The lowest BCUT2D eigenvalue weighted by atomic mass is 9.90. The summed E-state index contributed by atoms with van der Waals surface area (Å²) in [7, 11) is -1.67. The van der Waals surface area contributed by atoms with Crippen LogP contribution in [0.5, 0.6) is 0 Å². The van der Waals surface area contributed by atoms with E-state index in [4.69, 9.17) is 38.7 Å². The fraction of sp³-hybridized carbons (Fsp3) is 0.357. The Morgan fingerprint density at radius 2 is 1.29 bits per heavy atom. The van der Waals surface area contributed by atoms with E-state index in [2.05, 4.69) is 9.95 Å². The van der Waals surface area contributed by atoms with Crippen LogP contribution >= 0.6 is 0 Å². The molecule has 42 heavy (non-hydrogen) atoms. The van der Waals surface area contributed by atoms with Gasteiger partial charge in [-0.15, -0.1) is 0 Å². The monoisotopic (exact) mass is 578 g/mol. The minimum atomic E-state index is -0.838. The summed E-state index contributed by atoms with van der Waals surface area (Å²) in [5.41, 5.74) is 1.35. The summed E-state index contributed by atoms with van der Waals surface area (Å²) < 4.78 is 59.7. The Bertz CT molecular complexity index is 1450. The van der Waals surface area contributed by atoms with Gasteiger partial charge in [-0.2, -0.15) is 0 Å². The molecule has 0 spiro atoms. The molecule has 1 unspecified atom stereocenters. The molecule has 2 aliphatic rings. The van der Waals surface area contributed by atoms with Gasteiger partial charge < -0.3 is 27.9 Å². The molecule has 0 radical (unpaired) electrons. The van der Waals surface area contributed by atoms with Crippen molar-refractivity contribution in [3.05, 3.63) is 105 Å². The topological polar surface area (TPSA) is 112 Å². The van der Waals surface area contributed by atoms with Crippen LogP contribution in [-0.4, -0.2) is 32.5 Å². The summed E-state index contributed by atoms with van der Waals surface area (Å²) in [4.78, 5) is 6.18. The summed E-state index contributed by atoms with van der Waals surface area (Å²) in [5, 5.41) is 17.7. The molecule has 2 saturated heterocycles. The zero-order valence-electron chi connectivity index (χ0n) is 23.7. The quantitative estimate of drug-likeness (QED) is 0.217. The van der Waals surface area contributed by atoms with Gasteiger partial charge in [0.25, 0.3) is 0 Å². The summed E-state index contributed by atoms with van der Waals surface area (Å²) in [5.74, 6) is -0.855. The summed E-state index contributed by atoms with van der Waals surface area (Å²) >= 11 is 0. The van der Waals surface area contributed by atoms with Crippen LogP contribution in [0.3, 0.4) is 0 Å². The Morgan fingerprint density at radius 1 is 0.786 bits per heavy atom. The average molecular weight is 578 g/mol. The third kappa shape index (κ3) is 7.75. The zero-order chi connectivity index (χ0) is 30.3. The molecule has 1 atom stereocenters. The van der Waals surface area contributed by atoms with Crippen LogP contribution < -0.4 is 0 Å². The van der Waals surface area contributed by atoms with Crippen molar-refractivity contribution in [3.63, 3.8) is 0 Å². The van der Waals surface area contributed by atoms with Gasteiger partial charge >= 0.3 is 26.0 Å². The van der Waals surface area contributed by atoms with E-state index in [0.29, 0.717) is 17.7 Å². The van der Waals surface area contributed by atoms with Crippen LogP contribution in [-0.2, 0) is 41.1 Å². The molecule has 0 aliphatic carbocycles. The molecule has 0 aromatic heterocycles. The molecule has 2 aliphatic heterocycles. The molecule has 14 heteroatoms. The molecule has 0 N–H and O–H groups in total. The zero-order valence-corrected chi connectivity index (χ0v) is 23.7. The number of hydrogen-bond acceptors (Lipinski definition) is 8. The summed E-state index contributed by atoms with van der Waals surface area (Å²) in [6, 6.07) is 17.4. The highest BCUT2D eigenvalue weighted by Gasteiger charge is 2.53. The number of rotatable bonds is 7. The van der Waals surface area contributed by atoms with Gasteiger partial charge in [-0.25, -0.2) is 8.78 Å². The highest BCUT2D eigenvalue weighted by atomic mass is 19.1. The fourth-order valence-electron chi connectivity index (χ4n) is 4.02. The third-order valence-corrected chi connectivity index (χ3v) is 7.11. The van der Waals surface area contributed by atoms with E-state index >= 15 is 0 Å². The van der Waals surface area contributed by atoms with E-state index in [1.165, 1.54) is 36.4 Å². The number of hydrogen-bond donors (Lipinski definition) is 0. The average Bonchev–Trinajstić information content (AvgIpc) is 3.52. The lowest BCUT2D eigenvalue weighted by Crippen LogP contribution is -2.41. The molecule has 10 nitrogen and oxygen atoms in total. The molecular formula is C28H30B2F2N4O6+2. The number of diazo groups is 2. The second-order valence-corrected chi connectivity index (χ2v) is 10.6. The van der Waals surface area contributed by atoms with Crippen molar-refractivity contribution >= 4 is 26.0 Å². The second-order valence-electron chi connectivity index (χ2n) is 10.6. The molecule has 0 saturated carbocycles. The van der Waals surface area contributed by atoms with Crippen LogP contribution in [0.15, 0.2) is 66.7 Å². The molecule has 5 rings (SSSR count). The molecular weight excluding hydrogens is 548 g/mol. The molecule has 216 valence electrons. The van der Waals surface area contributed by atoms with Crippen LogP contribution in [0.4, 0.5) is 20.2 Å². The fourth-order valence-corrected chi connectivity index (χ4v) is 4.02. The van der Waals surface area contributed by atoms with Gasteiger partial charge in [-0.05, 0) is 57.5 Å². The van der Waals surface area contributed by atoms with Gasteiger partial charge in [0.15, 0.2) is 9.95 Å². The number of benzene rings is 3. The lowest BCUT2D eigenvalue weighted by molar-refractivity contribution is 0.00578. The van der Waals surface area contributed by atoms with Crippen LogP contribution in [0.25, 0.3) is 9.95 Å². The largest absolute Gasteiger partial charge is 0.640 e. The van der Waals surface area contributed by atoms with E-state index in [1.807, 2.05) is 58.0 Å². The molecule has 0 amide bonds. The highest BCUT2D eigenvalue weighted by molar-refractivity contribution is 6.37. The Hall–Kier alpha value is -3.75. The van der Waals surface area contributed by atoms with Crippen LogP contribution in [0.1, 0.15) is 50.5 Å². The predicted octanol–water partition coefficient (Wildman–Crippen LogP) is 7.02. The maximum Gasteiger partial charge on any atom is 0.640 e. The molecule has 3 aromatic rings. The van der Waals surface area contributed by atoms with Crippen molar-refractivity contribution in [1.82, 2.24) is 0 Å². The van der Waals surface area contributed by atoms with E-state index < -0.39 is 37.5 Å². The van der Waals surface area contributed by atoms with Crippen molar-refractivity contribution in [1.29, 1.82) is 10.8 Å². The Morgan fingerprint density at radius 3 is 1.79 bits per heavy atom. The van der Waals surface area contributed by atoms with Gasteiger partial charge in [-0.3, -0.25) is 0 Å². The van der Waals surface area contributed by atoms with E-state index in [-0.39, 0.29) is 30.7 Å². The lowest BCUT2D eigenvalue weighted by Gasteiger charge is -2.31. The second kappa shape index (κ2) is 13.5. The van der Waals surface area contributed by atoms with Gasteiger partial charge in [0.05, 0.1) is 48.3 Å². The third-order valence-electron chi connectivity index (χ3n) is 7.11. The van der Waals surface area contributed by atoms with Crippen LogP contribution in [0.2, 0.25) is 0 Å². The van der Waals surface area contributed by atoms with Crippen molar-refractivity contribution in [2.24, 2.45) is 0 Å². The molecule has 2 heterocycles. The molecule has 2 fully saturated rings. The molecule has 3 aromatic carbocycles. The first-order valence-corrected chi connectivity index (χ1v) is 13.2. The van der Waals surface area contributed by atoms with Crippen molar-refractivity contribution in [3.8, 4) is 0 Å². The Balaban J connectivity index is 0.000000194. The number of halogens is 2. The van der Waals surface area contributed by atoms with E-state index in [0.717, 1.165) is 5.56 Å². The van der Waals surface area contributed by atoms with E-state index in [1.54, 1.807) is 0 Å². The van der Waals surface area contributed by atoms with Gasteiger partial charge in [0, 0.05) is 12.1 Å². The van der Waals surface area contributed by atoms with Crippen molar-refractivity contribution in [2.45, 2.75) is 58.2 Å². The van der Waals surface area contributed by atoms with Crippen molar-refractivity contribution in [2.75, 3.05) is 6.61 Å². The maximum atomic E-state index is 13.2. The number of nitrogens with zero attached hydrogens (tertiary/aromatic N) is 4. The normalized spacial score (nSPS) is 18.6. The SMILES string of the molecule is CC1(C)OB(OCc2cc(F)ccc2[N+]#N)OC1(C)C.N#[N+]c1ccc(F)cc1COB1OCC(c2ccccc2)O1. The minimum Gasteiger partial charge on any atom is -0.383 e. The Labute approximate surface area is 243 Å². The first-order chi connectivity index (χ1) is 20.0.